The van der Waals surface area contributed by atoms with E-state index in [9.17, 15) is 9.59 Å². The Balaban J connectivity index is 1.72. The molecule has 0 spiro atoms. The lowest BCUT2D eigenvalue weighted by atomic mass is 10.0. The van der Waals surface area contributed by atoms with Crippen LogP contribution in [0.15, 0.2) is 53.1 Å². The summed E-state index contributed by atoms with van der Waals surface area (Å²) in [5.74, 6) is 1.16. The van der Waals surface area contributed by atoms with Gasteiger partial charge < -0.3 is 20.1 Å². The van der Waals surface area contributed by atoms with Gasteiger partial charge in [0.05, 0.1) is 30.0 Å². The molecule has 164 valence electrons. The number of nitrogens with one attached hydrogen (secondary N) is 2. The van der Waals surface area contributed by atoms with E-state index in [0.29, 0.717) is 46.6 Å². The van der Waals surface area contributed by atoms with E-state index >= 15 is 0 Å². The Bertz CT molecular complexity index is 995. The number of anilines is 1. The number of rotatable bonds is 7. The summed E-state index contributed by atoms with van der Waals surface area (Å²) in [5, 5.41) is 5.95. The van der Waals surface area contributed by atoms with E-state index in [1.807, 2.05) is 37.3 Å². The Labute approximate surface area is 191 Å². The SMILES string of the molecule is COc1cc(NC(=O)C2=C(C)OCCS2)c(Cl)cc1C(=O)NC[C@@H](C)c1ccccc1. The molecule has 2 aromatic rings. The van der Waals surface area contributed by atoms with Crippen LogP contribution in [0, 0.1) is 0 Å². The van der Waals surface area contributed by atoms with Crippen LogP contribution in [0.2, 0.25) is 5.02 Å². The maximum atomic E-state index is 12.8. The second kappa shape index (κ2) is 10.6. The molecule has 0 radical (unpaired) electrons. The Kier molecular flexibility index (Phi) is 7.87. The highest BCUT2D eigenvalue weighted by Gasteiger charge is 2.22. The van der Waals surface area contributed by atoms with E-state index in [1.54, 1.807) is 13.0 Å². The van der Waals surface area contributed by atoms with Crippen molar-refractivity contribution in [2.45, 2.75) is 19.8 Å². The van der Waals surface area contributed by atoms with Gasteiger partial charge in [-0.3, -0.25) is 9.59 Å². The van der Waals surface area contributed by atoms with Crippen LogP contribution in [0.25, 0.3) is 0 Å². The molecule has 0 fully saturated rings. The smallest absolute Gasteiger partial charge is 0.265 e. The van der Waals surface area contributed by atoms with Crippen LogP contribution in [0.3, 0.4) is 0 Å². The van der Waals surface area contributed by atoms with Gasteiger partial charge in [0.15, 0.2) is 0 Å². The van der Waals surface area contributed by atoms with Crippen LogP contribution < -0.4 is 15.4 Å². The molecule has 8 heteroatoms. The maximum absolute atomic E-state index is 12.8. The minimum absolute atomic E-state index is 0.150. The van der Waals surface area contributed by atoms with Crippen LogP contribution in [-0.2, 0) is 9.53 Å². The maximum Gasteiger partial charge on any atom is 0.265 e. The van der Waals surface area contributed by atoms with Crippen molar-refractivity contribution in [2.75, 3.05) is 31.3 Å². The quantitative estimate of drug-likeness (QED) is 0.619. The number of methoxy groups -OCH3 is 1. The fourth-order valence-electron chi connectivity index (χ4n) is 3.15. The Hall–Kier alpha value is -2.64. The van der Waals surface area contributed by atoms with E-state index in [2.05, 4.69) is 10.6 Å². The first-order valence-electron chi connectivity index (χ1n) is 9.89. The van der Waals surface area contributed by atoms with Gasteiger partial charge >= 0.3 is 0 Å². The summed E-state index contributed by atoms with van der Waals surface area (Å²) < 4.78 is 10.8. The van der Waals surface area contributed by atoms with E-state index in [0.717, 1.165) is 5.56 Å². The predicted molar refractivity (Wildman–Crippen MR) is 125 cm³/mol. The topological polar surface area (TPSA) is 76.7 Å². The van der Waals surface area contributed by atoms with E-state index in [4.69, 9.17) is 21.1 Å². The van der Waals surface area contributed by atoms with Crippen molar-refractivity contribution in [1.82, 2.24) is 5.32 Å². The van der Waals surface area contributed by atoms with Gasteiger partial charge in [-0.05, 0) is 24.5 Å². The number of allylic oxidation sites excluding steroid dienone is 1. The lowest BCUT2D eigenvalue weighted by Gasteiger charge is -2.19. The summed E-state index contributed by atoms with van der Waals surface area (Å²) in [6.07, 6.45) is 0. The number of hydrogen-bond donors (Lipinski definition) is 2. The van der Waals surface area contributed by atoms with Gasteiger partial charge in [0, 0.05) is 18.4 Å². The second-order valence-electron chi connectivity index (χ2n) is 7.09. The third-order valence-electron chi connectivity index (χ3n) is 4.89. The normalized spacial score (nSPS) is 14.5. The second-order valence-corrected chi connectivity index (χ2v) is 8.60. The highest BCUT2D eigenvalue weighted by molar-refractivity contribution is 8.04. The molecule has 2 N–H and O–H groups in total. The molecule has 6 nitrogen and oxygen atoms in total. The fraction of sp³-hybridized carbons (Fsp3) is 0.304. The van der Waals surface area contributed by atoms with E-state index < -0.39 is 0 Å². The first kappa shape index (κ1) is 23.0. The number of hydrogen-bond acceptors (Lipinski definition) is 5. The summed E-state index contributed by atoms with van der Waals surface area (Å²) in [6.45, 7) is 4.84. The highest BCUT2D eigenvalue weighted by Crippen LogP contribution is 2.33. The lowest BCUT2D eigenvalue weighted by molar-refractivity contribution is -0.112. The molecule has 0 aromatic heterocycles. The molecule has 1 atom stereocenters. The van der Waals surface area contributed by atoms with Crippen LogP contribution in [0.5, 0.6) is 5.75 Å². The molecule has 0 saturated carbocycles. The highest BCUT2D eigenvalue weighted by atomic mass is 35.5. The molecule has 0 aliphatic carbocycles. The largest absolute Gasteiger partial charge is 0.496 e. The van der Waals surface area contributed by atoms with E-state index in [1.165, 1.54) is 24.9 Å². The molecule has 1 heterocycles. The van der Waals surface area contributed by atoms with Crippen molar-refractivity contribution in [3.63, 3.8) is 0 Å². The van der Waals surface area contributed by atoms with Gasteiger partial charge in [-0.2, -0.15) is 0 Å². The number of ether oxygens (including phenoxy) is 2. The Morgan fingerprint density at radius 1 is 1.23 bits per heavy atom. The summed E-state index contributed by atoms with van der Waals surface area (Å²) >= 11 is 7.81. The van der Waals surface area contributed by atoms with Gasteiger partial charge in [0.25, 0.3) is 11.8 Å². The fourth-order valence-corrected chi connectivity index (χ4v) is 4.17. The number of benzene rings is 2. The molecular formula is C23H25ClN2O4S. The van der Waals surface area contributed by atoms with Gasteiger partial charge in [0.2, 0.25) is 0 Å². The molecule has 0 bridgehead atoms. The summed E-state index contributed by atoms with van der Waals surface area (Å²) in [5.41, 5.74) is 1.81. The van der Waals surface area contributed by atoms with Crippen molar-refractivity contribution in [2.24, 2.45) is 0 Å². The monoisotopic (exact) mass is 460 g/mol. The molecule has 2 amide bonds. The summed E-state index contributed by atoms with van der Waals surface area (Å²) in [6, 6.07) is 13.0. The predicted octanol–water partition coefficient (Wildman–Crippen LogP) is 4.82. The Morgan fingerprint density at radius 2 is 1.97 bits per heavy atom. The molecule has 2 aromatic carbocycles. The van der Waals surface area contributed by atoms with Crippen LogP contribution >= 0.6 is 23.4 Å². The lowest BCUT2D eigenvalue weighted by Crippen LogP contribution is -2.28. The van der Waals surface area contributed by atoms with Crippen molar-refractivity contribution in [3.8, 4) is 5.75 Å². The number of carbonyl (C=O) groups is 2. The molecule has 31 heavy (non-hydrogen) atoms. The minimum Gasteiger partial charge on any atom is -0.496 e. The number of halogens is 1. The van der Waals surface area contributed by atoms with Crippen molar-refractivity contribution >= 4 is 40.9 Å². The standard InChI is InChI=1S/C23H25ClN2O4S/c1-14(16-7-5-4-6-8-16)13-25-22(27)17-11-18(24)19(12-20(17)29-3)26-23(28)21-15(2)30-9-10-31-21/h4-8,11-12,14H,9-10,13H2,1-3H3,(H,25,27)(H,26,28)/t14-/m1/s1. The molecule has 1 aliphatic heterocycles. The average Bonchev–Trinajstić information content (AvgIpc) is 2.79. The zero-order valence-corrected chi connectivity index (χ0v) is 19.2. The van der Waals surface area contributed by atoms with Crippen molar-refractivity contribution in [1.29, 1.82) is 0 Å². The van der Waals surface area contributed by atoms with E-state index in [-0.39, 0.29) is 22.8 Å². The number of thioether (sulfide) groups is 1. The Morgan fingerprint density at radius 3 is 2.65 bits per heavy atom. The molecule has 0 unspecified atom stereocenters. The van der Waals surface area contributed by atoms with Gasteiger partial charge in [-0.25, -0.2) is 0 Å². The zero-order chi connectivity index (χ0) is 22.4. The zero-order valence-electron chi connectivity index (χ0n) is 17.7. The molecular weight excluding hydrogens is 436 g/mol. The number of amides is 2. The first-order chi connectivity index (χ1) is 14.9. The van der Waals surface area contributed by atoms with Gasteiger partial charge in [-0.15, -0.1) is 11.8 Å². The van der Waals surface area contributed by atoms with Gasteiger partial charge in [-0.1, -0.05) is 48.9 Å². The first-order valence-corrected chi connectivity index (χ1v) is 11.3. The average molecular weight is 461 g/mol. The minimum atomic E-state index is -0.306. The third kappa shape index (κ3) is 5.74. The van der Waals surface area contributed by atoms with Crippen molar-refractivity contribution < 1.29 is 19.1 Å². The van der Waals surface area contributed by atoms with Gasteiger partial charge in [0.1, 0.15) is 16.4 Å². The van der Waals surface area contributed by atoms with Crippen LogP contribution in [0.4, 0.5) is 5.69 Å². The van der Waals surface area contributed by atoms with Crippen LogP contribution in [0.1, 0.15) is 35.7 Å². The van der Waals surface area contributed by atoms with Crippen molar-refractivity contribution in [3.05, 3.63) is 69.3 Å². The summed E-state index contributed by atoms with van der Waals surface area (Å²) in [7, 11) is 1.47. The molecule has 1 aliphatic rings. The molecule has 3 rings (SSSR count). The summed E-state index contributed by atoms with van der Waals surface area (Å²) in [4.78, 5) is 25.9. The third-order valence-corrected chi connectivity index (χ3v) is 6.34. The number of carbonyl (C=O) groups excluding carboxylic acids is 2. The molecule has 0 saturated heterocycles. The van der Waals surface area contributed by atoms with Crippen LogP contribution in [-0.4, -0.2) is 37.8 Å².